The lowest BCUT2D eigenvalue weighted by Gasteiger charge is -2.38. The summed E-state index contributed by atoms with van der Waals surface area (Å²) in [6, 6.07) is 4.45. The minimum absolute atomic E-state index is 0.0872. The van der Waals surface area contributed by atoms with Crippen molar-refractivity contribution in [3.05, 3.63) is 41.2 Å². The van der Waals surface area contributed by atoms with E-state index >= 15 is 0 Å². The number of anilines is 2. The van der Waals surface area contributed by atoms with Crippen LogP contribution in [0.5, 0.6) is 0 Å². The van der Waals surface area contributed by atoms with E-state index in [1.165, 1.54) is 25.3 Å². The van der Waals surface area contributed by atoms with Crippen LogP contribution < -0.4 is 15.4 Å². The molecule has 184 valence electrons. The molecule has 1 saturated heterocycles. The van der Waals surface area contributed by atoms with Crippen molar-refractivity contribution in [1.29, 1.82) is 0 Å². The molecule has 8 nitrogen and oxygen atoms in total. The Kier molecular flexibility index (Phi) is 6.86. The Bertz CT molecular complexity index is 1190. The van der Waals surface area contributed by atoms with Crippen LogP contribution in [-0.2, 0) is 22.9 Å². The number of fused-ring (bicyclic) bond motifs is 1. The molecule has 0 radical (unpaired) electrons. The van der Waals surface area contributed by atoms with Gasteiger partial charge in [0.2, 0.25) is 0 Å². The van der Waals surface area contributed by atoms with E-state index < -0.39 is 27.8 Å². The summed E-state index contributed by atoms with van der Waals surface area (Å²) in [5.41, 5.74) is 2.39. The lowest BCUT2D eigenvalue weighted by molar-refractivity contribution is -0.0652. The normalized spacial score (nSPS) is 20.7. The molecule has 1 amide bonds. The molecule has 0 spiro atoms. The number of halogens is 2. The van der Waals surface area contributed by atoms with Gasteiger partial charge in [0.15, 0.2) is 5.03 Å². The molecule has 34 heavy (non-hydrogen) atoms. The van der Waals surface area contributed by atoms with Crippen molar-refractivity contribution in [3.63, 3.8) is 0 Å². The Morgan fingerprint density at radius 2 is 1.94 bits per heavy atom. The van der Waals surface area contributed by atoms with E-state index in [0.29, 0.717) is 5.82 Å². The molecule has 2 aromatic rings. The molecule has 1 fully saturated rings. The lowest BCUT2D eigenvalue weighted by atomic mass is 9.93. The number of aromatic nitrogens is 2. The summed E-state index contributed by atoms with van der Waals surface area (Å²) in [7, 11) is -4.04. The summed E-state index contributed by atoms with van der Waals surface area (Å²) < 4.78 is 51.6. The topological polar surface area (TPSA) is 118 Å². The molecule has 0 bridgehead atoms. The number of nitrogens with two attached hydrogens (primary N) is 1. The minimum Gasteiger partial charge on any atom is -0.355 e. The van der Waals surface area contributed by atoms with Gasteiger partial charge in [-0.15, -0.1) is 0 Å². The average Bonchev–Trinajstić information content (AvgIpc) is 2.75. The predicted molar refractivity (Wildman–Crippen MR) is 125 cm³/mol. The van der Waals surface area contributed by atoms with Crippen LogP contribution in [0.1, 0.15) is 60.6 Å². The second kappa shape index (κ2) is 9.53. The summed E-state index contributed by atoms with van der Waals surface area (Å²) in [6.07, 6.45) is 6.71. The van der Waals surface area contributed by atoms with Crippen molar-refractivity contribution in [3.8, 4) is 0 Å². The first kappa shape index (κ1) is 24.5. The fraction of sp³-hybridized carbons (Fsp3) is 0.522. The monoisotopic (exact) mass is 493 g/mol. The molecule has 1 atom stereocenters. The maximum Gasteiger partial charge on any atom is 0.259 e. The van der Waals surface area contributed by atoms with Gasteiger partial charge < -0.3 is 10.2 Å². The van der Waals surface area contributed by atoms with Gasteiger partial charge in [-0.3, -0.25) is 4.79 Å². The molecule has 0 saturated carbocycles. The molecule has 3 N–H and O–H groups in total. The molecule has 1 aliphatic heterocycles. The number of sulfonamides is 1. The first-order valence-corrected chi connectivity index (χ1v) is 13.0. The number of pyridine rings is 2. The Morgan fingerprint density at radius 1 is 1.21 bits per heavy atom. The molecule has 11 heteroatoms. The Labute approximate surface area is 198 Å². The second-order valence-corrected chi connectivity index (χ2v) is 10.6. The summed E-state index contributed by atoms with van der Waals surface area (Å²) in [5, 5.41) is 7.48. The van der Waals surface area contributed by atoms with E-state index in [9.17, 15) is 22.0 Å². The second-order valence-electron chi connectivity index (χ2n) is 9.12. The van der Waals surface area contributed by atoms with Crippen LogP contribution in [0.25, 0.3) is 0 Å². The number of carbonyl (C=O) groups is 1. The van der Waals surface area contributed by atoms with Crippen LogP contribution in [0.4, 0.5) is 20.3 Å². The van der Waals surface area contributed by atoms with Gasteiger partial charge in [0.1, 0.15) is 5.82 Å². The highest BCUT2D eigenvalue weighted by molar-refractivity contribution is 7.89. The van der Waals surface area contributed by atoms with Gasteiger partial charge in [-0.05, 0) is 43.4 Å². The minimum atomic E-state index is -4.04. The van der Waals surface area contributed by atoms with E-state index in [2.05, 4.69) is 10.3 Å². The number of carbonyl (C=O) groups excluding carboxylic acids is 1. The zero-order valence-corrected chi connectivity index (χ0v) is 19.9. The molecule has 2 aromatic heterocycles. The summed E-state index contributed by atoms with van der Waals surface area (Å²) in [4.78, 5) is 23.7. The number of amides is 1. The summed E-state index contributed by atoms with van der Waals surface area (Å²) in [5.74, 6) is -3.74. The van der Waals surface area contributed by atoms with Crippen LogP contribution in [0.15, 0.2) is 29.4 Å². The van der Waals surface area contributed by atoms with E-state index in [1.54, 1.807) is 4.90 Å². The predicted octanol–water partition coefficient (Wildman–Crippen LogP) is 3.52. The van der Waals surface area contributed by atoms with Gasteiger partial charge in [0, 0.05) is 49.1 Å². The van der Waals surface area contributed by atoms with Crippen LogP contribution >= 0.6 is 0 Å². The van der Waals surface area contributed by atoms with Crippen molar-refractivity contribution in [1.82, 2.24) is 9.97 Å². The molecule has 4 rings (SSSR count). The van der Waals surface area contributed by atoms with E-state index in [4.69, 9.17) is 10.1 Å². The zero-order valence-electron chi connectivity index (χ0n) is 19.1. The van der Waals surface area contributed by atoms with E-state index in [-0.39, 0.29) is 35.8 Å². The van der Waals surface area contributed by atoms with Crippen molar-refractivity contribution >= 4 is 27.4 Å². The zero-order chi connectivity index (χ0) is 24.5. The molecule has 1 aliphatic carbocycles. The third-order valence-electron chi connectivity index (χ3n) is 6.54. The molecular formula is C23H29F2N5O3S. The summed E-state index contributed by atoms with van der Waals surface area (Å²) in [6.45, 7) is 1.68. The highest BCUT2D eigenvalue weighted by Gasteiger charge is 2.42. The quantitative estimate of drug-likeness (QED) is 0.673. The smallest absolute Gasteiger partial charge is 0.259 e. The SMILES string of the molecule is CC1CN(c2nc3c(cc2C(=O)Nc2ccnc(S(N)(=O)=O)c2)CCCCCC3)CCC1(F)F. The number of hydrogen-bond donors (Lipinski definition) is 2. The van der Waals surface area contributed by atoms with Gasteiger partial charge in [-0.25, -0.2) is 32.3 Å². The molecule has 1 unspecified atom stereocenters. The summed E-state index contributed by atoms with van der Waals surface area (Å²) >= 11 is 0. The van der Waals surface area contributed by atoms with Crippen molar-refractivity contribution < 1.29 is 22.0 Å². The number of alkyl halides is 2. The average molecular weight is 494 g/mol. The highest BCUT2D eigenvalue weighted by Crippen LogP contribution is 2.36. The van der Waals surface area contributed by atoms with Gasteiger partial charge in [-0.2, -0.15) is 0 Å². The number of primary sulfonamides is 1. The largest absolute Gasteiger partial charge is 0.355 e. The first-order valence-electron chi connectivity index (χ1n) is 11.5. The molecule has 0 aromatic carbocycles. The Hall–Kier alpha value is -2.66. The standard InChI is InChI=1S/C23H29F2N5O3S/c1-15-14-30(11-9-23(15,24)25)21-18(12-16-6-4-2-3-5-7-19(16)29-21)22(31)28-17-8-10-27-20(13-17)34(26,32)33/h8,10,12-13,15H,2-7,9,11,14H2,1H3,(H2,26,32,33)(H,27,28,31). The van der Waals surface area contributed by atoms with Gasteiger partial charge in [-0.1, -0.05) is 19.8 Å². The highest BCUT2D eigenvalue weighted by atomic mass is 32.2. The fourth-order valence-electron chi connectivity index (χ4n) is 4.50. The van der Waals surface area contributed by atoms with Crippen LogP contribution in [0.2, 0.25) is 0 Å². The maximum atomic E-state index is 14.1. The maximum absolute atomic E-state index is 14.1. The van der Waals surface area contributed by atoms with Gasteiger partial charge in [0.05, 0.1) is 5.56 Å². The van der Waals surface area contributed by atoms with Crippen LogP contribution in [0.3, 0.4) is 0 Å². The molecular weight excluding hydrogens is 464 g/mol. The van der Waals surface area contributed by atoms with Crippen molar-refractivity contribution in [2.45, 2.75) is 62.8 Å². The molecule has 2 aliphatic rings. The first-order chi connectivity index (χ1) is 16.0. The van der Waals surface area contributed by atoms with Crippen LogP contribution in [0, 0.1) is 5.92 Å². The number of aryl methyl sites for hydroxylation is 2. The third-order valence-corrected chi connectivity index (χ3v) is 7.35. The number of rotatable bonds is 4. The Morgan fingerprint density at radius 3 is 2.65 bits per heavy atom. The van der Waals surface area contributed by atoms with Crippen LogP contribution in [-0.4, -0.2) is 43.3 Å². The van der Waals surface area contributed by atoms with Gasteiger partial charge in [0.25, 0.3) is 21.9 Å². The Balaban J connectivity index is 1.71. The van der Waals surface area contributed by atoms with Gasteiger partial charge >= 0.3 is 0 Å². The number of hydrogen-bond acceptors (Lipinski definition) is 6. The fourth-order valence-corrected chi connectivity index (χ4v) is 5.00. The number of nitrogens with zero attached hydrogens (tertiary/aromatic N) is 3. The van der Waals surface area contributed by atoms with Crippen molar-refractivity contribution in [2.24, 2.45) is 11.1 Å². The number of piperidine rings is 1. The van der Waals surface area contributed by atoms with E-state index in [1.807, 2.05) is 6.07 Å². The third kappa shape index (κ3) is 5.35. The van der Waals surface area contributed by atoms with Crippen molar-refractivity contribution in [2.75, 3.05) is 23.3 Å². The number of nitrogens with one attached hydrogen (secondary N) is 1. The molecule has 3 heterocycles. The lowest BCUT2D eigenvalue weighted by Crippen LogP contribution is -2.46. The van der Waals surface area contributed by atoms with E-state index in [0.717, 1.165) is 49.8 Å².